The number of benzene rings is 2. The van der Waals surface area contributed by atoms with Crippen molar-refractivity contribution in [1.82, 2.24) is 0 Å². The number of amides is 2. The molecule has 3 rings (SSSR count). The lowest BCUT2D eigenvalue weighted by Crippen LogP contribution is -2.43. The number of anilines is 2. The van der Waals surface area contributed by atoms with Gasteiger partial charge in [-0.15, -0.1) is 0 Å². The third-order valence-corrected chi connectivity index (χ3v) is 9.62. The van der Waals surface area contributed by atoms with E-state index in [9.17, 15) is 4.79 Å². The van der Waals surface area contributed by atoms with Crippen molar-refractivity contribution >= 4 is 37.9 Å². The molecule has 0 spiro atoms. The molecule has 0 saturated carbocycles. The average Bonchev–Trinajstić information content (AvgIpc) is 2.69. The zero-order chi connectivity index (χ0) is 19.1. The molecule has 136 valence electrons. The van der Waals surface area contributed by atoms with Gasteiger partial charge in [0.05, 0.1) is 11.4 Å². The van der Waals surface area contributed by atoms with E-state index >= 15 is 0 Å². The Bertz CT molecular complexity index is 882. The lowest BCUT2D eigenvalue weighted by atomic mass is 10.1. The molecule has 0 atom stereocenters. The summed E-state index contributed by atoms with van der Waals surface area (Å²) in [4.78, 5) is 13.8. The van der Waals surface area contributed by atoms with Gasteiger partial charge < -0.3 is 10.2 Å². The third kappa shape index (κ3) is 3.27. The van der Waals surface area contributed by atoms with Crippen LogP contribution in [0, 0.1) is 0 Å². The van der Waals surface area contributed by atoms with E-state index in [0.29, 0.717) is 0 Å². The van der Waals surface area contributed by atoms with Gasteiger partial charge in [-0.05, 0) is 47.5 Å². The highest BCUT2D eigenvalue weighted by atomic mass is 28.4. The van der Waals surface area contributed by atoms with Crippen molar-refractivity contribution in [2.24, 2.45) is 5.73 Å². The maximum atomic E-state index is 12.3. The number of primary amides is 1. The first-order valence-electron chi connectivity index (χ1n) is 8.80. The molecule has 0 unspecified atom stereocenters. The minimum Gasteiger partial charge on any atom is -0.543 e. The van der Waals surface area contributed by atoms with Gasteiger partial charge in [0.25, 0.3) is 0 Å². The van der Waals surface area contributed by atoms with Gasteiger partial charge in [0.1, 0.15) is 5.75 Å². The Labute approximate surface area is 156 Å². The first-order chi connectivity index (χ1) is 12.1. The van der Waals surface area contributed by atoms with Crippen molar-refractivity contribution in [3.05, 3.63) is 53.6 Å². The smallest absolute Gasteiger partial charge is 0.323 e. The van der Waals surface area contributed by atoms with Crippen molar-refractivity contribution in [1.29, 1.82) is 0 Å². The highest BCUT2D eigenvalue weighted by Crippen LogP contribution is 2.41. The van der Waals surface area contributed by atoms with Crippen LogP contribution in [0.5, 0.6) is 5.75 Å². The molecule has 0 radical (unpaired) electrons. The first kappa shape index (κ1) is 18.3. The third-order valence-electron chi connectivity index (χ3n) is 5.26. The molecule has 2 N–H and O–H groups in total. The zero-order valence-electron chi connectivity index (χ0n) is 16.0. The number of carbonyl (C=O) groups excluding carboxylic acids is 1. The fraction of sp³-hybridized carbons (Fsp3) is 0.286. The van der Waals surface area contributed by atoms with Gasteiger partial charge in [-0.2, -0.15) is 0 Å². The van der Waals surface area contributed by atoms with Gasteiger partial charge in [0.15, 0.2) is 0 Å². The summed E-state index contributed by atoms with van der Waals surface area (Å²) in [6.45, 7) is 11.0. The quantitative estimate of drug-likeness (QED) is 0.686. The summed E-state index contributed by atoms with van der Waals surface area (Å²) in [7, 11) is -1.98. The summed E-state index contributed by atoms with van der Waals surface area (Å²) in [5.74, 6) is 0.773. The Morgan fingerprint density at radius 3 is 2.23 bits per heavy atom. The van der Waals surface area contributed by atoms with E-state index < -0.39 is 14.3 Å². The molecule has 26 heavy (non-hydrogen) atoms. The highest BCUT2D eigenvalue weighted by Gasteiger charge is 2.39. The van der Waals surface area contributed by atoms with Crippen molar-refractivity contribution in [2.45, 2.75) is 38.9 Å². The van der Waals surface area contributed by atoms with E-state index in [0.717, 1.165) is 28.3 Å². The number of nitrogens with two attached hydrogens (primary N) is 1. The second-order valence-electron chi connectivity index (χ2n) is 8.15. The Kier molecular flexibility index (Phi) is 4.44. The van der Waals surface area contributed by atoms with Gasteiger partial charge in [0, 0.05) is 6.07 Å². The minimum absolute atomic E-state index is 0.0929. The number of hydrogen-bond acceptors (Lipinski definition) is 2. The maximum Gasteiger partial charge on any atom is 0.323 e. The zero-order valence-corrected chi connectivity index (χ0v) is 17.0. The molecular formula is C21H26N2O2Si. The summed E-state index contributed by atoms with van der Waals surface area (Å²) in [5, 5.41) is 0.0929. The highest BCUT2D eigenvalue weighted by molar-refractivity contribution is 6.74. The molecule has 0 aliphatic carbocycles. The van der Waals surface area contributed by atoms with Crippen LogP contribution in [0.15, 0.2) is 42.5 Å². The largest absolute Gasteiger partial charge is 0.543 e. The van der Waals surface area contributed by atoms with Crippen molar-refractivity contribution in [2.75, 3.05) is 4.90 Å². The van der Waals surface area contributed by atoms with E-state index in [4.69, 9.17) is 10.2 Å². The topological polar surface area (TPSA) is 55.6 Å². The van der Waals surface area contributed by atoms with Gasteiger partial charge in [-0.1, -0.05) is 51.1 Å². The SMILES string of the molecule is CC(C)(C)[Si](C)(C)Oc1ccc2c(c1)N(C(N)=O)c1ccccc1C=C2. The number of para-hydroxylation sites is 1. The molecule has 1 aliphatic heterocycles. The average molecular weight is 367 g/mol. The van der Waals surface area contributed by atoms with Crippen molar-refractivity contribution < 1.29 is 9.22 Å². The van der Waals surface area contributed by atoms with E-state index in [1.54, 1.807) is 4.90 Å². The number of rotatable bonds is 2. The molecule has 0 fully saturated rings. The molecule has 0 bridgehead atoms. The molecule has 2 amide bonds. The van der Waals surface area contributed by atoms with Crippen LogP contribution >= 0.6 is 0 Å². The van der Waals surface area contributed by atoms with Gasteiger partial charge in [-0.25, -0.2) is 4.79 Å². The normalized spacial score (nSPS) is 13.7. The molecule has 4 nitrogen and oxygen atoms in total. The van der Waals surface area contributed by atoms with Crippen LogP contribution in [0.4, 0.5) is 16.2 Å². The number of nitrogens with zero attached hydrogens (tertiary/aromatic N) is 1. The van der Waals surface area contributed by atoms with Crippen LogP contribution in [0.25, 0.3) is 12.2 Å². The molecule has 0 aromatic heterocycles. The monoisotopic (exact) mass is 366 g/mol. The van der Waals surface area contributed by atoms with Crippen LogP contribution in [0.3, 0.4) is 0 Å². The fourth-order valence-electron chi connectivity index (χ4n) is 2.75. The second-order valence-corrected chi connectivity index (χ2v) is 12.9. The molecular weight excluding hydrogens is 340 g/mol. The molecule has 0 saturated heterocycles. The lowest BCUT2D eigenvalue weighted by Gasteiger charge is -2.36. The Morgan fingerprint density at radius 1 is 1.00 bits per heavy atom. The summed E-state index contributed by atoms with van der Waals surface area (Å²) in [6, 6.07) is 13.1. The Morgan fingerprint density at radius 2 is 1.62 bits per heavy atom. The number of fused-ring (bicyclic) bond motifs is 2. The first-order valence-corrected chi connectivity index (χ1v) is 11.7. The lowest BCUT2D eigenvalue weighted by molar-refractivity contribution is 0.256. The van der Waals surface area contributed by atoms with E-state index in [1.807, 2.05) is 54.6 Å². The Hall–Kier alpha value is -2.53. The minimum atomic E-state index is -1.98. The number of hydrogen-bond donors (Lipinski definition) is 1. The predicted octanol–water partition coefficient (Wildman–Crippen LogP) is 5.77. The molecule has 1 heterocycles. The molecule has 2 aromatic rings. The summed E-state index contributed by atoms with van der Waals surface area (Å²) in [6.07, 6.45) is 4.01. The van der Waals surface area contributed by atoms with Gasteiger partial charge >= 0.3 is 6.03 Å². The summed E-state index contributed by atoms with van der Waals surface area (Å²) in [5.41, 5.74) is 9.15. The summed E-state index contributed by atoms with van der Waals surface area (Å²) < 4.78 is 6.43. The maximum absolute atomic E-state index is 12.3. The Balaban J connectivity index is 2.10. The van der Waals surface area contributed by atoms with Crippen molar-refractivity contribution in [3.8, 4) is 5.75 Å². The van der Waals surface area contributed by atoms with Crippen LogP contribution in [0.2, 0.25) is 18.1 Å². The van der Waals surface area contributed by atoms with E-state index in [-0.39, 0.29) is 5.04 Å². The van der Waals surface area contributed by atoms with E-state index in [2.05, 4.69) is 33.9 Å². The van der Waals surface area contributed by atoms with Gasteiger partial charge in [0.2, 0.25) is 8.32 Å². The van der Waals surface area contributed by atoms with Crippen LogP contribution < -0.4 is 15.1 Å². The van der Waals surface area contributed by atoms with Crippen LogP contribution in [0.1, 0.15) is 31.9 Å². The molecule has 1 aliphatic rings. The number of carbonyl (C=O) groups is 1. The van der Waals surface area contributed by atoms with Crippen molar-refractivity contribution in [3.63, 3.8) is 0 Å². The molecule has 2 aromatic carbocycles. The van der Waals surface area contributed by atoms with Crippen LogP contribution in [-0.4, -0.2) is 14.3 Å². The standard InChI is InChI=1S/C21H26N2O2Si/c1-21(2,3)26(4,5)25-17-13-12-16-11-10-15-8-6-7-9-18(15)23(20(22)24)19(16)14-17/h6-14H,1-5H3,(H2,22,24). The molecule has 5 heteroatoms. The fourth-order valence-corrected chi connectivity index (χ4v) is 3.77. The summed E-state index contributed by atoms with van der Waals surface area (Å²) >= 11 is 0. The second kappa shape index (κ2) is 6.32. The van der Waals surface area contributed by atoms with Crippen LogP contribution in [-0.2, 0) is 0 Å². The van der Waals surface area contributed by atoms with Gasteiger partial charge in [-0.3, -0.25) is 4.90 Å². The number of urea groups is 1. The predicted molar refractivity (Wildman–Crippen MR) is 111 cm³/mol. The van der Waals surface area contributed by atoms with E-state index in [1.165, 1.54) is 0 Å².